The third-order valence-electron chi connectivity index (χ3n) is 2.70. The fourth-order valence-electron chi connectivity index (χ4n) is 2.03. The minimum Gasteiger partial charge on any atom is -0.409 e. The minimum absolute atomic E-state index is 0.106. The highest BCUT2D eigenvalue weighted by atomic mass is 16.5. The van der Waals surface area contributed by atoms with Gasteiger partial charge in [0.2, 0.25) is 0 Å². The van der Waals surface area contributed by atoms with Gasteiger partial charge in [0.1, 0.15) is 11.6 Å². The third kappa shape index (κ3) is 3.45. The van der Waals surface area contributed by atoms with Crippen molar-refractivity contribution in [1.82, 2.24) is 10.5 Å². The lowest BCUT2D eigenvalue weighted by Crippen LogP contribution is -2.33. The van der Waals surface area contributed by atoms with Crippen molar-refractivity contribution in [3.63, 3.8) is 0 Å². The van der Waals surface area contributed by atoms with Crippen LogP contribution in [0.15, 0.2) is 9.68 Å². The fourth-order valence-corrected chi connectivity index (χ4v) is 2.03. The van der Waals surface area contributed by atoms with Gasteiger partial charge in [-0.05, 0) is 27.7 Å². The molecule has 0 bridgehead atoms. The molecule has 17 heavy (non-hydrogen) atoms. The van der Waals surface area contributed by atoms with E-state index in [2.05, 4.69) is 15.6 Å². The molecule has 0 spiro atoms. The molecule has 2 unspecified atom stereocenters. The Kier molecular flexibility index (Phi) is 4.51. The van der Waals surface area contributed by atoms with Gasteiger partial charge in [0.05, 0.1) is 5.69 Å². The Hall–Kier alpha value is -1.56. The van der Waals surface area contributed by atoms with E-state index < -0.39 is 0 Å². The lowest BCUT2D eigenvalue weighted by molar-refractivity contribution is 0.315. The van der Waals surface area contributed by atoms with E-state index in [1.807, 2.05) is 27.7 Å². The van der Waals surface area contributed by atoms with Crippen LogP contribution >= 0.6 is 0 Å². The normalized spacial score (nSPS) is 15.9. The Morgan fingerprint density at radius 1 is 1.53 bits per heavy atom. The molecular weight excluding hydrogens is 220 g/mol. The number of oxime groups is 1. The Morgan fingerprint density at radius 3 is 2.65 bits per heavy atom. The second-order valence-corrected chi connectivity index (χ2v) is 4.32. The van der Waals surface area contributed by atoms with Crippen LogP contribution in [0.25, 0.3) is 0 Å². The molecule has 0 saturated carbocycles. The van der Waals surface area contributed by atoms with Gasteiger partial charge in [-0.15, -0.1) is 0 Å². The van der Waals surface area contributed by atoms with E-state index in [-0.39, 0.29) is 17.9 Å². The number of rotatable bonds is 5. The van der Waals surface area contributed by atoms with Crippen molar-refractivity contribution in [1.29, 1.82) is 0 Å². The predicted molar refractivity (Wildman–Crippen MR) is 65.0 cm³/mol. The maximum absolute atomic E-state index is 8.50. The van der Waals surface area contributed by atoms with Crippen molar-refractivity contribution in [2.45, 2.75) is 46.2 Å². The molecule has 1 aromatic rings. The Balaban J connectivity index is 2.63. The van der Waals surface area contributed by atoms with E-state index in [9.17, 15) is 0 Å². The summed E-state index contributed by atoms with van der Waals surface area (Å²) in [5, 5.41) is 18.7. The van der Waals surface area contributed by atoms with Gasteiger partial charge in [-0.1, -0.05) is 10.3 Å². The van der Waals surface area contributed by atoms with Crippen LogP contribution < -0.4 is 11.1 Å². The lowest BCUT2D eigenvalue weighted by atomic mass is 10.1. The molecule has 0 fully saturated rings. The number of nitrogens with two attached hydrogens (primary N) is 1. The second kappa shape index (κ2) is 5.67. The first-order valence-electron chi connectivity index (χ1n) is 5.61. The molecule has 0 aliphatic heterocycles. The highest BCUT2D eigenvalue weighted by molar-refractivity contribution is 5.80. The zero-order chi connectivity index (χ0) is 13.0. The van der Waals surface area contributed by atoms with Crippen molar-refractivity contribution in [3.8, 4) is 0 Å². The molecule has 0 aliphatic rings. The van der Waals surface area contributed by atoms with Crippen molar-refractivity contribution in [3.05, 3.63) is 17.0 Å². The number of hydrogen-bond donors (Lipinski definition) is 3. The number of nitrogens with one attached hydrogen (secondary N) is 1. The summed E-state index contributed by atoms with van der Waals surface area (Å²) < 4.78 is 5.12. The third-order valence-corrected chi connectivity index (χ3v) is 2.70. The quantitative estimate of drug-likeness (QED) is 0.313. The molecular formula is C11H20N4O2. The number of hydrogen-bond acceptors (Lipinski definition) is 5. The summed E-state index contributed by atoms with van der Waals surface area (Å²) in [5.41, 5.74) is 7.41. The van der Waals surface area contributed by atoms with Crippen molar-refractivity contribution < 1.29 is 9.73 Å². The molecule has 2 atom stereocenters. The Morgan fingerprint density at radius 2 is 2.18 bits per heavy atom. The lowest BCUT2D eigenvalue weighted by Gasteiger charge is -2.19. The molecule has 1 rings (SSSR count). The van der Waals surface area contributed by atoms with Crippen LogP contribution in [0.4, 0.5) is 0 Å². The minimum atomic E-state index is 0.106. The number of amidine groups is 1. The summed E-state index contributed by atoms with van der Waals surface area (Å²) in [4.78, 5) is 0. The summed E-state index contributed by atoms with van der Waals surface area (Å²) in [6.07, 6.45) is 0.490. The number of aromatic nitrogens is 1. The van der Waals surface area contributed by atoms with E-state index in [0.29, 0.717) is 6.42 Å². The summed E-state index contributed by atoms with van der Waals surface area (Å²) in [6.45, 7) is 7.82. The summed E-state index contributed by atoms with van der Waals surface area (Å²) in [5.74, 6) is 1.04. The molecule has 6 nitrogen and oxygen atoms in total. The van der Waals surface area contributed by atoms with Crippen molar-refractivity contribution in [2.24, 2.45) is 10.9 Å². The molecule has 96 valence electrons. The predicted octanol–water partition coefficient (Wildman–Crippen LogP) is 1.47. The van der Waals surface area contributed by atoms with Crippen LogP contribution in [0.2, 0.25) is 0 Å². The van der Waals surface area contributed by atoms with Gasteiger partial charge in [-0.3, -0.25) is 0 Å². The number of aryl methyl sites for hydroxylation is 2. The zero-order valence-corrected chi connectivity index (χ0v) is 10.7. The number of nitrogens with zero attached hydrogens (tertiary/aromatic N) is 2. The molecule has 0 radical (unpaired) electrons. The van der Waals surface area contributed by atoms with Gasteiger partial charge in [-0.25, -0.2) is 0 Å². The van der Waals surface area contributed by atoms with Gasteiger partial charge in [0.15, 0.2) is 0 Å². The van der Waals surface area contributed by atoms with Gasteiger partial charge in [0.25, 0.3) is 0 Å². The van der Waals surface area contributed by atoms with E-state index in [1.54, 1.807) is 0 Å². The van der Waals surface area contributed by atoms with Gasteiger partial charge >= 0.3 is 0 Å². The molecule has 4 N–H and O–H groups in total. The van der Waals surface area contributed by atoms with Crippen LogP contribution in [0.5, 0.6) is 0 Å². The smallest absolute Gasteiger partial charge is 0.140 e. The maximum atomic E-state index is 8.50. The zero-order valence-electron chi connectivity index (χ0n) is 10.7. The van der Waals surface area contributed by atoms with Crippen LogP contribution in [-0.4, -0.2) is 22.2 Å². The largest absolute Gasteiger partial charge is 0.409 e. The Bertz CT molecular complexity index is 381. The van der Waals surface area contributed by atoms with E-state index in [1.165, 1.54) is 0 Å². The molecule has 1 heterocycles. The average Bonchev–Trinajstić information content (AvgIpc) is 2.57. The topological polar surface area (TPSA) is 96.7 Å². The monoisotopic (exact) mass is 240 g/mol. The molecule has 6 heteroatoms. The molecule has 0 amide bonds. The SMILES string of the molecule is Cc1noc(C)c1C(C)NC(C)CC(N)=NO. The first kappa shape index (κ1) is 13.5. The Labute approximate surface area is 101 Å². The van der Waals surface area contributed by atoms with E-state index >= 15 is 0 Å². The second-order valence-electron chi connectivity index (χ2n) is 4.32. The van der Waals surface area contributed by atoms with Crippen molar-refractivity contribution in [2.75, 3.05) is 0 Å². The van der Waals surface area contributed by atoms with E-state index in [0.717, 1.165) is 17.0 Å². The highest BCUT2D eigenvalue weighted by Crippen LogP contribution is 2.21. The standard InChI is InChI=1S/C11H20N4O2/c1-6(5-10(12)14-16)13-7(2)11-8(3)15-17-9(11)4/h6-7,13,16H,5H2,1-4H3,(H2,12,14). The van der Waals surface area contributed by atoms with Crippen molar-refractivity contribution >= 4 is 5.84 Å². The summed E-state index contributed by atoms with van der Waals surface area (Å²) >= 11 is 0. The maximum Gasteiger partial charge on any atom is 0.140 e. The highest BCUT2D eigenvalue weighted by Gasteiger charge is 2.18. The summed E-state index contributed by atoms with van der Waals surface area (Å²) in [6, 6.07) is 0.220. The molecule has 0 saturated heterocycles. The van der Waals surface area contributed by atoms with Gasteiger partial charge in [-0.2, -0.15) is 0 Å². The van der Waals surface area contributed by atoms with Crippen LogP contribution in [0.1, 0.15) is 43.3 Å². The van der Waals surface area contributed by atoms with Crippen LogP contribution in [0.3, 0.4) is 0 Å². The average molecular weight is 240 g/mol. The molecule has 0 aliphatic carbocycles. The van der Waals surface area contributed by atoms with E-state index in [4.69, 9.17) is 15.5 Å². The molecule has 1 aromatic heterocycles. The summed E-state index contributed by atoms with van der Waals surface area (Å²) in [7, 11) is 0. The van der Waals surface area contributed by atoms with Crippen LogP contribution in [0, 0.1) is 13.8 Å². The molecule has 0 aromatic carbocycles. The fraction of sp³-hybridized carbons (Fsp3) is 0.636. The van der Waals surface area contributed by atoms with Gasteiger partial charge < -0.3 is 20.8 Å². The van der Waals surface area contributed by atoms with Gasteiger partial charge in [0, 0.05) is 24.1 Å². The first-order chi connectivity index (χ1) is 7.95. The first-order valence-corrected chi connectivity index (χ1v) is 5.61. The van der Waals surface area contributed by atoms with Crippen LogP contribution in [-0.2, 0) is 0 Å².